The van der Waals surface area contributed by atoms with Gasteiger partial charge in [-0.2, -0.15) is 0 Å². The van der Waals surface area contributed by atoms with Gasteiger partial charge >= 0.3 is 5.97 Å². The number of para-hydroxylation sites is 1. The number of rotatable bonds is 7. The highest BCUT2D eigenvalue weighted by Crippen LogP contribution is 2.23. The van der Waals surface area contributed by atoms with Gasteiger partial charge in [0.15, 0.2) is 0 Å². The third-order valence-corrected chi connectivity index (χ3v) is 2.95. The average molecular weight is 250 g/mol. The van der Waals surface area contributed by atoms with Crippen molar-refractivity contribution in [1.29, 1.82) is 0 Å². The molecule has 0 aliphatic rings. The van der Waals surface area contributed by atoms with Crippen LogP contribution in [0.4, 0.5) is 0 Å². The van der Waals surface area contributed by atoms with Gasteiger partial charge in [-0.25, -0.2) is 4.79 Å². The van der Waals surface area contributed by atoms with E-state index in [-0.39, 0.29) is 11.3 Å². The van der Waals surface area contributed by atoms with Crippen molar-refractivity contribution in [3.8, 4) is 5.75 Å². The summed E-state index contributed by atoms with van der Waals surface area (Å²) in [5.74, 6) is -0.377. The second-order valence-electron chi connectivity index (χ2n) is 4.36. The average Bonchev–Trinajstić information content (AvgIpc) is 2.38. The van der Waals surface area contributed by atoms with Crippen LogP contribution in [-0.2, 0) is 11.2 Å². The minimum atomic E-state index is -0.431. The molecule has 0 bridgehead atoms. The van der Waals surface area contributed by atoms with Crippen molar-refractivity contribution in [3.63, 3.8) is 0 Å². The molecular formula is C15H22O3. The van der Waals surface area contributed by atoms with Crippen LogP contribution in [0, 0.1) is 0 Å². The van der Waals surface area contributed by atoms with Crippen LogP contribution in [0.5, 0.6) is 5.75 Å². The summed E-state index contributed by atoms with van der Waals surface area (Å²) in [6.07, 6.45) is 4.98. The zero-order valence-electron chi connectivity index (χ0n) is 11.2. The molecule has 100 valence electrons. The van der Waals surface area contributed by atoms with Crippen LogP contribution in [0.3, 0.4) is 0 Å². The molecule has 1 N–H and O–H groups in total. The summed E-state index contributed by atoms with van der Waals surface area (Å²) < 4.78 is 5.16. The molecule has 0 amide bonds. The normalized spacial score (nSPS) is 10.3. The lowest BCUT2D eigenvalue weighted by atomic mass is 10.1. The Labute approximate surface area is 109 Å². The number of phenolic OH excluding ortho intramolecular Hbond substituents is 1. The largest absolute Gasteiger partial charge is 0.507 e. The van der Waals surface area contributed by atoms with Gasteiger partial charge in [-0.05, 0) is 24.5 Å². The highest BCUT2D eigenvalue weighted by Gasteiger charge is 2.14. The Bertz CT molecular complexity index is 385. The Hall–Kier alpha value is -1.51. The maximum Gasteiger partial charge on any atom is 0.341 e. The third kappa shape index (κ3) is 4.06. The molecule has 18 heavy (non-hydrogen) atoms. The van der Waals surface area contributed by atoms with Crippen LogP contribution < -0.4 is 0 Å². The van der Waals surface area contributed by atoms with E-state index in [1.165, 1.54) is 0 Å². The molecule has 0 radical (unpaired) electrons. The van der Waals surface area contributed by atoms with Crippen molar-refractivity contribution in [2.24, 2.45) is 0 Å². The van der Waals surface area contributed by atoms with Gasteiger partial charge < -0.3 is 9.84 Å². The van der Waals surface area contributed by atoms with E-state index in [0.29, 0.717) is 13.0 Å². The maximum atomic E-state index is 11.8. The Balaban J connectivity index is 2.51. The quantitative estimate of drug-likeness (QED) is 0.593. The first-order valence-corrected chi connectivity index (χ1v) is 6.68. The molecule has 0 spiro atoms. The van der Waals surface area contributed by atoms with Crippen molar-refractivity contribution >= 4 is 5.97 Å². The van der Waals surface area contributed by atoms with E-state index in [1.807, 2.05) is 13.0 Å². The number of ether oxygens (including phenoxy) is 1. The Kier molecular flexibility index (Phi) is 6.26. The number of phenols is 1. The predicted octanol–water partition coefficient (Wildman–Crippen LogP) is 3.69. The lowest BCUT2D eigenvalue weighted by Gasteiger charge is -2.08. The molecule has 3 nitrogen and oxygen atoms in total. The van der Waals surface area contributed by atoms with Crippen molar-refractivity contribution < 1.29 is 14.6 Å². The Morgan fingerprint density at radius 1 is 1.22 bits per heavy atom. The maximum absolute atomic E-state index is 11.8. The molecule has 0 aliphatic carbocycles. The van der Waals surface area contributed by atoms with Gasteiger partial charge in [0.25, 0.3) is 0 Å². The van der Waals surface area contributed by atoms with E-state index in [2.05, 4.69) is 6.92 Å². The van der Waals surface area contributed by atoms with E-state index < -0.39 is 5.97 Å². The van der Waals surface area contributed by atoms with Gasteiger partial charge in [0.05, 0.1) is 6.61 Å². The summed E-state index contributed by atoms with van der Waals surface area (Å²) in [5, 5.41) is 9.90. The molecule has 1 aromatic rings. The SMILES string of the molecule is CCCCCCOC(=O)c1cccc(CC)c1O. The van der Waals surface area contributed by atoms with Gasteiger partial charge in [-0.3, -0.25) is 0 Å². The summed E-state index contributed by atoms with van der Waals surface area (Å²) in [6.45, 7) is 4.50. The predicted molar refractivity (Wildman–Crippen MR) is 71.9 cm³/mol. The molecule has 0 atom stereocenters. The van der Waals surface area contributed by atoms with Crippen molar-refractivity contribution in [1.82, 2.24) is 0 Å². The summed E-state index contributed by atoms with van der Waals surface area (Å²) in [4.78, 5) is 11.8. The molecule has 0 heterocycles. The van der Waals surface area contributed by atoms with Gasteiger partial charge in [0.2, 0.25) is 0 Å². The summed E-state index contributed by atoms with van der Waals surface area (Å²) in [5.41, 5.74) is 1.04. The van der Waals surface area contributed by atoms with E-state index in [1.54, 1.807) is 12.1 Å². The van der Waals surface area contributed by atoms with Crippen LogP contribution in [0.1, 0.15) is 55.5 Å². The Morgan fingerprint density at radius 2 is 2.00 bits per heavy atom. The summed E-state index contributed by atoms with van der Waals surface area (Å²) >= 11 is 0. The third-order valence-electron chi connectivity index (χ3n) is 2.95. The van der Waals surface area contributed by atoms with E-state index >= 15 is 0 Å². The highest BCUT2D eigenvalue weighted by atomic mass is 16.5. The van der Waals surface area contributed by atoms with Crippen LogP contribution in [0.2, 0.25) is 0 Å². The molecule has 0 saturated carbocycles. The molecule has 0 fully saturated rings. The van der Waals surface area contributed by atoms with Crippen LogP contribution in [-0.4, -0.2) is 17.7 Å². The number of benzene rings is 1. The molecule has 1 aromatic carbocycles. The van der Waals surface area contributed by atoms with Crippen molar-refractivity contribution in [2.45, 2.75) is 46.0 Å². The van der Waals surface area contributed by atoms with E-state index in [0.717, 1.165) is 31.2 Å². The first-order valence-electron chi connectivity index (χ1n) is 6.68. The summed E-state index contributed by atoms with van der Waals surface area (Å²) in [7, 11) is 0. The number of aryl methyl sites for hydroxylation is 1. The Morgan fingerprint density at radius 3 is 2.67 bits per heavy atom. The first-order chi connectivity index (χ1) is 8.70. The molecule has 0 saturated heterocycles. The lowest BCUT2D eigenvalue weighted by molar-refractivity contribution is 0.0494. The van der Waals surface area contributed by atoms with Crippen molar-refractivity contribution in [3.05, 3.63) is 29.3 Å². The second kappa shape index (κ2) is 7.75. The van der Waals surface area contributed by atoms with E-state index in [4.69, 9.17) is 4.74 Å². The van der Waals surface area contributed by atoms with Gasteiger partial charge in [-0.1, -0.05) is 45.2 Å². The van der Waals surface area contributed by atoms with Crippen LogP contribution in [0.15, 0.2) is 18.2 Å². The second-order valence-corrected chi connectivity index (χ2v) is 4.36. The highest BCUT2D eigenvalue weighted by molar-refractivity contribution is 5.92. The molecule has 0 aromatic heterocycles. The molecule has 3 heteroatoms. The van der Waals surface area contributed by atoms with Gasteiger partial charge in [0.1, 0.15) is 11.3 Å². The van der Waals surface area contributed by atoms with Gasteiger partial charge in [-0.15, -0.1) is 0 Å². The standard InChI is InChI=1S/C15H22O3/c1-3-5-6-7-11-18-15(17)13-10-8-9-12(4-2)14(13)16/h8-10,16H,3-7,11H2,1-2H3. The van der Waals surface area contributed by atoms with Gasteiger partial charge in [0, 0.05) is 0 Å². The zero-order valence-corrected chi connectivity index (χ0v) is 11.2. The number of hydrogen-bond donors (Lipinski definition) is 1. The monoisotopic (exact) mass is 250 g/mol. The van der Waals surface area contributed by atoms with E-state index in [9.17, 15) is 9.90 Å². The fraction of sp³-hybridized carbons (Fsp3) is 0.533. The minimum Gasteiger partial charge on any atom is -0.507 e. The lowest BCUT2D eigenvalue weighted by Crippen LogP contribution is -2.07. The number of unbranched alkanes of at least 4 members (excludes halogenated alkanes) is 3. The fourth-order valence-electron chi connectivity index (χ4n) is 1.81. The molecular weight excluding hydrogens is 228 g/mol. The number of aromatic hydroxyl groups is 1. The molecule has 1 rings (SSSR count). The smallest absolute Gasteiger partial charge is 0.341 e. The molecule has 0 aliphatic heterocycles. The number of esters is 1. The number of hydrogen-bond acceptors (Lipinski definition) is 3. The first kappa shape index (κ1) is 14.6. The van der Waals surface area contributed by atoms with Crippen LogP contribution in [0.25, 0.3) is 0 Å². The molecule has 0 unspecified atom stereocenters. The number of carbonyl (C=O) groups is 1. The van der Waals surface area contributed by atoms with Crippen molar-refractivity contribution in [2.75, 3.05) is 6.61 Å². The zero-order chi connectivity index (χ0) is 13.4. The minimum absolute atomic E-state index is 0.0542. The number of carbonyl (C=O) groups excluding carboxylic acids is 1. The van der Waals surface area contributed by atoms with Crippen LogP contribution >= 0.6 is 0 Å². The summed E-state index contributed by atoms with van der Waals surface area (Å²) in [6, 6.07) is 5.18. The topological polar surface area (TPSA) is 46.5 Å². The fourth-order valence-corrected chi connectivity index (χ4v) is 1.81.